The van der Waals surface area contributed by atoms with Crippen molar-refractivity contribution in [2.45, 2.75) is 32.9 Å². The number of nitrogens with zero attached hydrogens (tertiary/aromatic N) is 1. The van der Waals surface area contributed by atoms with Gasteiger partial charge in [-0.3, -0.25) is 15.0 Å². The number of hydrogen-bond donors (Lipinski definition) is 2. The molecule has 0 aliphatic carbocycles. The topological polar surface area (TPSA) is 61.4 Å². The first-order valence-electron chi connectivity index (χ1n) is 7.82. The number of hydrogen-bond acceptors (Lipinski definition) is 4. The zero-order valence-corrected chi connectivity index (χ0v) is 14.4. The lowest BCUT2D eigenvalue weighted by Crippen LogP contribution is -2.46. The molecule has 2 N–H and O–H groups in total. The predicted octanol–water partition coefficient (Wildman–Crippen LogP) is 2.80. The van der Waals surface area contributed by atoms with Crippen molar-refractivity contribution in [1.82, 2.24) is 15.5 Å². The highest BCUT2D eigenvalue weighted by molar-refractivity contribution is 7.19. The van der Waals surface area contributed by atoms with Crippen LogP contribution in [0.1, 0.15) is 30.3 Å². The molecule has 1 aliphatic heterocycles. The van der Waals surface area contributed by atoms with E-state index in [0.717, 1.165) is 0 Å². The number of urea groups is 1. The molecule has 122 valence electrons. The molecule has 0 radical (unpaired) electrons. The molecular weight excluding hydrogens is 310 g/mol. The summed E-state index contributed by atoms with van der Waals surface area (Å²) >= 11 is 1.75. The minimum Gasteiger partial charge on any atom is -0.336 e. The van der Waals surface area contributed by atoms with Gasteiger partial charge in [-0.25, -0.2) is 4.79 Å². The fraction of sp³-hybridized carbons (Fsp3) is 0.412. The summed E-state index contributed by atoms with van der Waals surface area (Å²) < 4.78 is 1.26. The molecule has 1 aromatic carbocycles. The molecule has 2 heterocycles. The number of amides is 3. The first-order valence-corrected chi connectivity index (χ1v) is 8.64. The maximum Gasteiger partial charge on any atom is 0.324 e. The molecule has 3 amide bonds. The van der Waals surface area contributed by atoms with Gasteiger partial charge in [-0.05, 0) is 37.8 Å². The van der Waals surface area contributed by atoms with Gasteiger partial charge in [-0.2, -0.15) is 0 Å². The van der Waals surface area contributed by atoms with Gasteiger partial charge in [-0.15, -0.1) is 11.3 Å². The fourth-order valence-corrected chi connectivity index (χ4v) is 4.27. The van der Waals surface area contributed by atoms with Gasteiger partial charge in [0.05, 0.1) is 6.04 Å². The minimum absolute atomic E-state index is 0.0528. The third-order valence-corrected chi connectivity index (χ3v) is 5.72. The smallest absolute Gasteiger partial charge is 0.324 e. The number of carbonyl (C=O) groups is 2. The predicted molar refractivity (Wildman–Crippen MR) is 92.7 cm³/mol. The Hall–Kier alpha value is -1.92. The van der Waals surface area contributed by atoms with E-state index in [4.69, 9.17) is 0 Å². The lowest BCUT2D eigenvalue weighted by atomic mass is 10.1. The number of aryl methyl sites for hydroxylation is 1. The Labute approximate surface area is 139 Å². The van der Waals surface area contributed by atoms with E-state index >= 15 is 0 Å². The Kier molecular flexibility index (Phi) is 4.37. The third-order valence-electron chi connectivity index (χ3n) is 4.27. The summed E-state index contributed by atoms with van der Waals surface area (Å²) in [5.74, 6) is -0.175. The van der Waals surface area contributed by atoms with Crippen LogP contribution in [0, 0.1) is 6.92 Å². The van der Waals surface area contributed by atoms with E-state index in [0.29, 0.717) is 13.1 Å². The average molecular weight is 331 g/mol. The van der Waals surface area contributed by atoms with E-state index in [-0.39, 0.29) is 18.0 Å². The minimum atomic E-state index is -0.404. The van der Waals surface area contributed by atoms with Crippen LogP contribution in [-0.2, 0) is 4.79 Å². The maximum absolute atomic E-state index is 12.4. The Morgan fingerprint density at radius 3 is 2.74 bits per heavy atom. The standard InChI is InChI=1S/C17H21N3O2S/c1-10-13-6-4-5-7-14(13)23-15(10)11(2)19-12(3)16(21)20-9-8-18-17(20)22/h4-7,11-12,19H,8-9H2,1-3H3,(H,18,22)/t11-,12+/m1/s1. The Morgan fingerprint density at radius 1 is 1.35 bits per heavy atom. The SMILES string of the molecule is Cc1c([C@@H](C)N[C@@H](C)C(=O)N2CCNC2=O)sc2ccccc12. The fourth-order valence-electron chi connectivity index (χ4n) is 3.04. The van der Waals surface area contributed by atoms with Crippen LogP contribution >= 0.6 is 11.3 Å². The van der Waals surface area contributed by atoms with Crippen LogP contribution in [0.15, 0.2) is 24.3 Å². The van der Waals surface area contributed by atoms with E-state index in [1.54, 1.807) is 11.3 Å². The number of fused-ring (bicyclic) bond motifs is 1. The first kappa shape index (κ1) is 16.0. The lowest BCUT2D eigenvalue weighted by Gasteiger charge is -2.22. The van der Waals surface area contributed by atoms with Gasteiger partial charge in [0.1, 0.15) is 0 Å². The second-order valence-corrected chi connectivity index (χ2v) is 7.00. The van der Waals surface area contributed by atoms with Gasteiger partial charge in [0.15, 0.2) is 0 Å². The molecular formula is C17H21N3O2S. The Morgan fingerprint density at radius 2 is 2.09 bits per heavy atom. The average Bonchev–Trinajstić information content (AvgIpc) is 3.11. The van der Waals surface area contributed by atoms with Gasteiger partial charge in [0.2, 0.25) is 5.91 Å². The molecule has 5 nitrogen and oxygen atoms in total. The van der Waals surface area contributed by atoms with Crippen molar-refractivity contribution in [2.24, 2.45) is 0 Å². The maximum atomic E-state index is 12.4. The largest absolute Gasteiger partial charge is 0.336 e. The summed E-state index contributed by atoms with van der Waals surface area (Å²) in [6.45, 7) is 6.97. The number of nitrogens with one attached hydrogen (secondary N) is 2. The Balaban J connectivity index is 1.75. The van der Waals surface area contributed by atoms with E-state index in [1.165, 1.54) is 25.4 Å². The summed E-state index contributed by atoms with van der Waals surface area (Å²) in [6, 6.07) is 7.68. The van der Waals surface area contributed by atoms with Crippen molar-refractivity contribution >= 4 is 33.4 Å². The number of thiophene rings is 1. The van der Waals surface area contributed by atoms with Gasteiger partial charge in [0, 0.05) is 28.7 Å². The molecule has 1 fully saturated rings. The summed E-state index contributed by atoms with van der Waals surface area (Å²) in [5, 5.41) is 7.26. The van der Waals surface area contributed by atoms with Crippen molar-refractivity contribution in [3.05, 3.63) is 34.7 Å². The van der Waals surface area contributed by atoms with Crippen LogP contribution in [0.25, 0.3) is 10.1 Å². The van der Waals surface area contributed by atoms with E-state index in [9.17, 15) is 9.59 Å². The van der Waals surface area contributed by atoms with Gasteiger partial charge >= 0.3 is 6.03 Å². The second-order valence-electron chi connectivity index (χ2n) is 5.92. The van der Waals surface area contributed by atoms with Crippen molar-refractivity contribution in [2.75, 3.05) is 13.1 Å². The molecule has 0 bridgehead atoms. The summed E-state index contributed by atoms with van der Waals surface area (Å²) in [7, 11) is 0. The zero-order valence-electron chi connectivity index (χ0n) is 13.6. The molecule has 0 unspecified atom stereocenters. The molecule has 6 heteroatoms. The van der Waals surface area contributed by atoms with Gasteiger partial charge in [0.25, 0.3) is 0 Å². The molecule has 1 saturated heterocycles. The highest BCUT2D eigenvalue weighted by Gasteiger charge is 2.30. The van der Waals surface area contributed by atoms with Crippen molar-refractivity contribution in [3.63, 3.8) is 0 Å². The van der Waals surface area contributed by atoms with Crippen LogP contribution in [0.4, 0.5) is 4.79 Å². The molecule has 2 atom stereocenters. The molecule has 1 aromatic heterocycles. The van der Waals surface area contributed by atoms with Crippen LogP contribution in [0.3, 0.4) is 0 Å². The summed E-state index contributed by atoms with van der Waals surface area (Å²) in [6.07, 6.45) is 0. The first-order chi connectivity index (χ1) is 11.0. The summed E-state index contributed by atoms with van der Waals surface area (Å²) in [5.41, 5.74) is 1.25. The zero-order chi connectivity index (χ0) is 16.6. The highest BCUT2D eigenvalue weighted by atomic mass is 32.1. The quantitative estimate of drug-likeness (QED) is 0.905. The molecule has 23 heavy (non-hydrogen) atoms. The molecule has 0 spiro atoms. The number of imide groups is 1. The van der Waals surface area contributed by atoms with Crippen LogP contribution < -0.4 is 10.6 Å². The number of carbonyl (C=O) groups excluding carboxylic acids is 2. The van der Waals surface area contributed by atoms with Crippen molar-refractivity contribution < 1.29 is 9.59 Å². The van der Waals surface area contributed by atoms with Crippen molar-refractivity contribution in [3.8, 4) is 0 Å². The molecule has 0 saturated carbocycles. The van der Waals surface area contributed by atoms with E-state index < -0.39 is 6.04 Å². The number of rotatable bonds is 4. The van der Waals surface area contributed by atoms with Crippen LogP contribution in [0.2, 0.25) is 0 Å². The molecule has 2 aromatic rings. The van der Waals surface area contributed by atoms with Gasteiger partial charge < -0.3 is 5.32 Å². The lowest BCUT2D eigenvalue weighted by molar-refractivity contribution is -0.129. The highest BCUT2D eigenvalue weighted by Crippen LogP contribution is 2.34. The van der Waals surface area contributed by atoms with E-state index in [1.807, 2.05) is 19.1 Å². The van der Waals surface area contributed by atoms with E-state index in [2.05, 4.69) is 36.6 Å². The third kappa shape index (κ3) is 2.96. The second kappa shape index (κ2) is 6.29. The normalized spacial score (nSPS) is 17.3. The monoisotopic (exact) mass is 331 g/mol. The number of benzene rings is 1. The van der Waals surface area contributed by atoms with Crippen LogP contribution in [0.5, 0.6) is 0 Å². The van der Waals surface area contributed by atoms with Gasteiger partial charge in [-0.1, -0.05) is 18.2 Å². The van der Waals surface area contributed by atoms with Crippen molar-refractivity contribution in [1.29, 1.82) is 0 Å². The molecule has 1 aliphatic rings. The Bertz CT molecular complexity index is 755. The summed E-state index contributed by atoms with van der Waals surface area (Å²) in [4.78, 5) is 26.5. The van der Waals surface area contributed by atoms with Crippen LogP contribution in [-0.4, -0.2) is 36.0 Å². The molecule has 3 rings (SSSR count).